The molecule has 0 saturated carbocycles. The maximum atomic E-state index is 11.9. The van der Waals surface area contributed by atoms with Gasteiger partial charge in [-0.15, -0.1) is 0 Å². The average Bonchev–Trinajstić information content (AvgIpc) is 2.82. The molecule has 1 atom stereocenters. The molecule has 0 unspecified atom stereocenters. The number of aryl methyl sites for hydroxylation is 1. The lowest BCUT2D eigenvalue weighted by Gasteiger charge is -2.10. The van der Waals surface area contributed by atoms with Crippen LogP contribution in [0.4, 0.5) is 5.13 Å². The Balaban J connectivity index is 1.82. The van der Waals surface area contributed by atoms with Crippen molar-refractivity contribution in [3.8, 4) is 0 Å². The van der Waals surface area contributed by atoms with Crippen molar-refractivity contribution in [1.29, 1.82) is 0 Å². The standard InChI is InChI=1S/C13H14BrN3OS/c14-11-8-16-13(19-11)17-12(18)10(15)7-6-9-4-2-1-3-5-9/h1-5,8,10H,6-7,15H2,(H,16,17,18)/t10-/m1/s1. The number of nitrogens with two attached hydrogens (primary N) is 1. The number of benzene rings is 1. The van der Waals surface area contributed by atoms with Crippen LogP contribution in [0.5, 0.6) is 0 Å². The van der Waals surface area contributed by atoms with Crippen molar-refractivity contribution >= 4 is 38.3 Å². The third-order valence-electron chi connectivity index (χ3n) is 2.63. The summed E-state index contributed by atoms with van der Waals surface area (Å²) in [5, 5.41) is 3.27. The van der Waals surface area contributed by atoms with Crippen molar-refractivity contribution in [2.24, 2.45) is 5.73 Å². The molecule has 0 aliphatic rings. The molecule has 1 amide bonds. The topological polar surface area (TPSA) is 68.0 Å². The quantitative estimate of drug-likeness (QED) is 0.879. The molecule has 1 aromatic carbocycles. The molecule has 2 rings (SSSR count). The predicted molar refractivity (Wildman–Crippen MR) is 81.2 cm³/mol. The predicted octanol–water partition coefficient (Wildman–Crippen LogP) is 2.80. The van der Waals surface area contributed by atoms with Crippen molar-refractivity contribution in [3.05, 3.63) is 45.9 Å². The molecular formula is C13H14BrN3OS. The summed E-state index contributed by atoms with van der Waals surface area (Å²) in [6.45, 7) is 0. The highest BCUT2D eigenvalue weighted by molar-refractivity contribution is 9.11. The second-order valence-corrected chi connectivity index (χ2v) is 6.50. The fourth-order valence-electron chi connectivity index (χ4n) is 1.61. The number of nitrogens with one attached hydrogen (secondary N) is 1. The van der Waals surface area contributed by atoms with Crippen LogP contribution in [0, 0.1) is 0 Å². The molecule has 19 heavy (non-hydrogen) atoms. The molecule has 0 bridgehead atoms. The van der Waals surface area contributed by atoms with Gasteiger partial charge in [0.15, 0.2) is 5.13 Å². The van der Waals surface area contributed by atoms with Gasteiger partial charge in [0.05, 0.1) is 16.0 Å². The summed E-state index contributed by atoms with van der Waals surface area (Å²) in [6.07, 6.45) is 3.05. The number of rotatable bonds is 5. The number of hydrogen-bond acceptors (Lipinski definition) is 4. The Labute approximate surface area is 124 Å². The SMILES string of the molecule is N[C@H](CCc1ccccc1)C(=O)Nc1ncc(Br)s1. The number of carbonyl (C=O) groups excluding carboxylic acids is 1. The number of thiazole rings is 1. The molecule has 100 valence electrons. The molecule has 0 radical (unpaired) electrons. The minimum atomic E-state index is -0.525. The molecule has 0 spiro atoms. The molecule has 0 aliphatic carbocycles. The van der Waals surface area contributed by atoms with E-state index in [2.05, 4.69) is 26.2 Å². The number of amides is 1. The first-order valence-corrected chi connectivity index (χ1v) is 7.48. The number of carbonyl (C=O) groups is 1. The Kier molecular flexibility index (Phi) is 5.07. The largest absolute Gasteiger partial charge is 0.320 e. The molecule has 3 N–H and O–H groups in total. The molecule has 1 heterocycles. The number of anilines is 1. The van der Waals surface area contributed by atoms with Crippen molar-refractivity contribution < 1.29 is 4.79 Å². The zero-order valence-electron chi connectivity index (χ0n) is 10.2. The van der Waals surface area contributed by atoms with E-state index in [0.29, 0.717) is 11.6 Å². The lowest BCUT2D eigenvalue weighted by molar-refractivity contribution is -0.117. The van der Waals surface area contributed by atoms with Crippen LogP contribution in [0.2, 0.25) is 0 Å². The van der Waals surface area contributed by atoms with E-state index in [1.807, 2.05) is 30.3 Å². The summed E-state index contributed by atoms with van der Waals surface area (Å²) in [5.41, 5.74) is 7.06. The second kappa shape index (κ2) is 6.79. The maximum Gasteiger partial charge on any atom is 0.243 e. The van der Waals surface area contributed by atoms with Gasteiger partial charge in [-0.2, -0.15) is 0 Å². The first kappa shape index (κ1) is 14.2. The van der Waals surface area contributed by atoms with Gasteiger partial charge < -0.3 is 11.1 Å². The number of aromatic nitrogens is 1. The molecule has 1 aromatic heterocycles. The van der Waals surface area contributed by atoms with Crippen LogP contribution in [0.3, 0.4) is 0 Å². The Morgan fingerprint density at radius 3 is 2.79 bits per heavy atom. The fraction of sp³-hybridized carbons (Fsp3) is 0.231. The average molecular weight is 340 g/mol. The maximum absolute atomic E-state index is 11.9. The number of hydrogen-bond donors (Lipinski definition) is 2. The van der Waals surface area contributed by atoms with Crippen LogP contribution in [0.25, 0.3) is 0 Å². The molecular weight excluding hydrogens is 326 g/mol. The van der Waals surface area contributed by atoms with Gasteiger partial charge >= 0.3 is 0 Å². The third-order valence-corrected chi connectivity index (χ3v) is 4.02. The number of halogens is 1. The molecule has 0 saturated heterocycles. The monoisotopic (exact) mass is 339 g/mol. The normalized spacial score (nSPS) is 12.1. The van der Waals surface area contributed by atoms with Gasteiger partial charge in [-0.25, -0.2) is 4.98 Å². The highest BCUT2D eigenvalue weighted by atomic mass is 79.9. The molecule has 6 heteroatoms. The summed E-state index contributed by atoms with van der Waals surface area (Å²) in [5.74, 6) is -0.196. The van der Waals surface area contributed by atoms with Crippen LogP contribution >= 0.6 is 27.3 Å². The first-order chi connectivity index (χ1) is 9.15. The van der Waals surface area contributed by atoms with E-state index < -0.39 is 6.04 Å². The lowest BCUT2D eigenvalue weighted by Crippen LogP contribution is -2.35. The van der Waals surface area contributed by atoms with Crippen LogP contribution in [-0.4, -0.2) is 16.9 Å². The van der Waals surface area contributed by atoms with Gasteiger partial charge in [0.1, 0.15) is 0 Å². The molecule has 4 nitrogen and oxygen atoms in total. The molecule has 0 fully saturated rings. The van der Waals surface area contributed by atoms with Crippen LogP contribution in [0.1, 0.15) is 12.0 Å². The highest BCUT2D eigenvalue weighted by Crippen LogP contribution is 2.23. The van der Waals surface area contributed by atoms with Crippen molar-refractivity contribution in [1.82, 2.24) is 4.98 Å². The number of nitrogens with zero attached hydrogens (tertiary/aromatic N) is 1. The van der Waals surface area contributed by atoms with E-state index in [9.17, 15) is 4.79 Å². The third kappa shape index (κ3) is 4.41. The zero-order chi connectivity index (χ0) is 13.7. The molecule has 2 aromatic rings. The van der Waals surface area contributed by atoms with E-state index in [-0.39, 0.29) is 5.91 Å². The van der Waals surface area contributed by atoms with Crippen LogP contribution in [0.15, 0.2) is 40.3 Å². The van der Waals surface area contributed by atoms with E-state index in [0.717, 1.165) is 10.2 Å². The Hall–Kier alpha value is -1.24. The lowest BCUT2D eigenvalue weighted by atomic mass is 10.1. The summed E-state index contributed by atoms with van der Waals surface area (Å²) < 4.78 is 0.876. The Bertz CT molecular complexity index is 544. The van der Waals surface area contributed by atoms with Crippen LogP contribution < -0.4 is 11.1 Å². The Morgan fingerprint density at radius 2 is 2.16 bits per heavy atom. The zero-order valence-corrected chi connectivity index (χ0v) is 12.6. The minimum Gasteiger partial charge on any atom is -0.320 e. The minimum absolute atomic E-state index is 0.196. The first-order valence-electron chi connectivity index (χ1n) is 5.87. The molecule has 0 aliphatic heterocycles. The smallest absolute Gasteiger partial charge is 0.243 e. The van der Waals surface area contributed by atoms with Gasteiger partial charge in [0, 0.05) is 0 Å². The van der Waals surface area contributed by atoms with Crippen molar-refractivity contribution in [2.75, 3.05) is 5.32 Å². The highest BCUT2D eigenvalue weighted by Gasteiger charge is 2.14. The van der Waals surface area contributed by atoms with Gasteiger partial charge in [-0.3, -0.25) is 4.79 Å². The summed E-state index contributed by atoms with van der Waals surface area (Å²) >= 11 is 4.66. The summed E-state index contributed by atoms with van der Waals surface area (Å²) in [7, 11) is 0. The van der Waals surface area contributed by atoms with Gasteiger partial charge in [-0.05, 0) is 34.3 Å². The van der Waals surface area contributed by atoms with E-state index >= 15 is 0 Å². The Morgan fingerprint density at radius 1 is 1.42 bits per heavy atom. The van der Waals surface area contributed by atoms with E-state index in [1.54, 1.807) is 6.20 Å². The van der Waals surface area contributed by atoms with Crippen LogP contribution in [-0.2, 0) is 11.2 Å². The second-order valence-electron chi connectivity index (χ2n) is 4.09. The van der Waals surface area contributed by atoms with E-state index in [1.165, 1.54) is 16.9 Å². The summed E-state index contributed by atoms with van der Waals surface area (Å²) in [4.78, 5) is 15.9. The van der Waals surface area contributed by atoms with Gasteiger partial charge in [0.25, 0.3) is 0 Å². The van der Waals surface area contributed by atoms with Crippen molar-refractivity contribution in [3.63, 3.8) is 0 Å². The van der Waals surface area contributed by atoms with Crippen molar-refractivity contribution in [2.45, 2.75) is 18.9 Å². The van der Waals surface area contributed by atoms with Gasteiger partial charge in [0.2, 0.25) is 5.91 Å². The van der Waals surface area contributed by atoms with E-state index in [4.69, 9.17) is 5.73 Å². The van der Waals surface area contributed by atoms with Gasteiger partial charge in [-0.1, -0.05) is 41.7 Å². The summed E-state index contributed by atoms with van der Waals surface area (Å²) in [6, 6.07) is 9.46. The fourth-order valence-corrected chi connectivity index (χ4v) is 2.72.